The zero-order valence-corrected chi connectivity index (χ0v) is 12.1. The van der Waals surface area contributed by atoms with Crippen molar-refractivity contribution < 1.29 is 19.5 Å². The standard InChI is InChI=1S/C14H23N3O4/c18-11-7-6-10(8-15-11)16-14(21)17-12(13(19)20)9-4-2-1-3-5-9/h9-10,12H,1-8H2,(H,15,18)(H,19,20)(H2,16,17,21). The molecule has 0 bridgehead atoms. The van der Waals surface area contributed by atoms with Gasteiger partial charge in [0.15, 0.2) is 0 Å². The second-order valence-electron chi connectivity index (χ2n) is 5.87. The first-order chi connectivity index (χ1) is 10.1. The van der Waals surface area contributed by atoms with Crippen LogP contribution in [0.25, 0.3) is 0 Å². The summed E-state index contributed by atoms with van der Waals surface area (Å²) in [5.41, 5.74) is 0. The predicted molar refractivity (Wildman–Crippen MR) is 75.7 cm³/mol. The van der Waals surface area contributed by atoms with Crippen molar-refractivity contribution >= 4 is 17.9 Å². The number of rotatable bonds is 4. The number of carbonyl (C=O) groups excluding carboxylic acids is 2. The van der Waals surface area contributed by atoms with Gasteiger partial charge in [-0.05, 0) is 25.2 Å². The molecule has 7 heteroatoms. The van der Waals surface area contributed by atoms with Gasteiger partial charge in [-0.3, -0.25) is 4.79 Å². The number of carboxylic acid groups (broad SMARTS) is 1. The number of carbonyl (C=O) groups is 3. The first-order valence-corrected chi connectivity index (χ1v) is 7.63. The highest BCUT2D eigenvalue weighted by Gasteiger charge is 2.31. The number of carboxylic acids is 1. The Bertz CT molecular complexity index is 397. The van der Waals surface area contributed by atoms with Crippen molar-refractivity contribution in [3.63, 3.8) is 0 Å². The average Bonchev–Trinajstić information content (AvgIpc) is 2.48. The Morgan fingerprint density at radius 3 is 2.48 bits per heavy atom. The van der Waals surface area contributed by atoms with Crippen LogP contribution in [0.4, 0.5) is 4.79 Å². The smallest absolute Gasteiger partial charge is 0.326 e. The van der Waals surface area contributed by atoms with Gasteiger partial charge in [0.05, 0.1) is 0 Å². The normalized spacial score (nSPS) is 24.8. The van der Waals surface area contributed by atoms with E-state index in [1.807, 2.05) is 0 Å². The van der Waals surface area contributed by atoms with Crippen molar-refractivity contribution in [2.75, 3.05) is 6.54 Å². The quantitative estimate of drug-likeness (QED) is 0.609. The van der Waals surface area contributed by atoms with E-state index in [1.165, 1.54) is 0 Å². The van der Waals surface area contributed by atoms with Crippen LogP contribution in [-0.4, -0.2) is 41.6 Å². The zero-order chi connectivity index (χ0) is 15.2. The number of amides is 3. The van der Waals surface area contributed by atoms with Crippen molar-refractivity contribution in [3.8, 4) is 0 Å². The van der Waals surface area contributed by atoms with Crippen LogP contribution in [0.5, 0.6) is 0 Å². The summed E-state index contributed by atoms with van der Waals surface area (Å²) in [6.07, 6.45) is 5.83. The molecule has 1 heterocycles. The molecule has 2 aliphatic rings. The summed E-state index contributed by atoms with van der Waals surface area (Å²) in [6.45, 7) is 0.396. The highest BCUT2D eigenvalue weighted by molar-refractivity contribution is 5.83. The van der Waals surface area contributed by atoms with Gasteiger partial charge in [0.1, 0.15) is 6.04 Å². The lowest BCUT2D eigenvalue weighted by atomic mass is 9.84. The summed E-state index contributed by atoms with van der Waals surface area (Å²) in [5.74, 6) is -0.985. The lowest BCUT2D eigenvalue weighted by Gasteiger charge is -2.29. The molecule has 118 valence electrons. The third-order valence-electron chi connectivity index (χ3n) is 4.27. The van der Waals surface area contributed by atoms with Gasteiger partial charge in [0, 0.05) is 19.0 Å². The van der Waals surface area contributed by atoms with Gasteiger partial charge < -0.3 is 21.1 Å². The van der Waals surface area contributed by atoms with Gasteiger partial charge in [-0.1, -0.05) is 19.3 Å². The number of hydrogen-bond donors (Lipinski definition) is 4. The molecule has 4 N–H and O–H groups in total. The minimum atomic E-state index is -0.978. The fourth-order valence-corrected chi connectivity index (χ4v) is 3.07. The molecule has 2 atom stereocenters. The highest BCUT2D eigenvalue weighted by atomic mass is 16.4. The van der Waals surface area contributed by atoms with E-state index in [0.717, 1.165) is 32.1 Å². The summed E-state index contributed by atoms with van der Waals surface area (Å²) < 4.78 is 0. The van der Waals surface area contributed by atoms with Gasteiger partial charge in [0.25, 0.3) is 0 Å². The van der Waals surface area contributed by atoms with Crippen molar-refractivity contribution in [2.24, 2.45) is 5.92 Å². The topological polar surface area (TPSA) is 108 Å². The molecule has 3 amide bonds. The highest BCUT2D eigenvalue weighted by Crippen LogP contribution is 2.26. The van der Waals surface area contributed by atoms with Gasteiger partial charge in [-0.15, -0.1) is 0 Å². The monoisotopic (exact) mass is 297 g/mol. The van der Waals surface area contributed by atoms with Crippen LogP contribution >= 0.6 is 0 Å². The molecule has 1 aliphatic carbocycles. The van der Waals surface area contributed by atoms with Crippen molar-refractivity contribution in [1.29, 1.82) is 0 Å². The van der Waals surface area contributed by atoms with Crippen LogP contribution in [0, 0.1) is 5.92 Å². The summed E-state index contributed by atoms with van der Waals surface area (Å²) in [4.78, 5) is 34.4. The average molecular weight is 297 g/mol. The fourth-order valence-electron chi connectivity index (χ4n) is 3.07. The Morgan fingerprint density at radius 2 is 1.90 bits per heavy atom. The third-order valence-corrected chi connectivity index (χ3v) is 4.27. The second kappa shape index (κ2) is 7.28. The van der Waals surface area contributed by atoms with Gasteiger partial charge in [-0.2, -0.15) is 0 Å². The van der Waals surface area contributed by atoms with Crippen molar-refractivity contribution in [2.45, 2.75) is 57.0 Å². The van der Waals surface area contributed by atoms with Gasteiger partial charge in [-0.25, -0.2) is 9.59 Å². The summed E-state index contributed by atoms with van der Waals surface area (Å²) in [7, 11) is 0. The Balaban J connectivity index is 1.83. The van der Waals surface area contributed by atoms with E-state index in [0.29, 0.717) is 19.4 Å². The summed E-state index contributed by atoms with van der Waals surface area (Å²) in [6, 6.07) is -1.43. The minimum absolute atomic E-state index is 0.00746. The first kappa shape index (κ1) is 15.6. The van der Waals surface area contributed by atoms with Crippen LogP contribution in [0.15, 0.2) is 0 Å². The molecule has 1 saturated carbocycles. The molecule has 2 unspecified atom stereocenters. The molecule has 1 saturated heterocycles. The number of hydrogen-bond acceptors (Lipinski definition) is 3. The second-order valence-corrected chi connectivity index (χ2v) is 5.87. The Labute approximate surface area is 123 Å². The van der Waals surface area contributed by atoms with Crippen LogP contribution in [0.2, 0.25) is 0 Å². The van der Waals surface area contributed by atoms with E-state index in [2.05, 4.69) is 16.0 Å². The molecule has 0 aromatic rings. The van der Waals surface area contributed by atoms with E-state index in [4.69, 9.17) is 0 Å². The van der Waals surface area contributed by atoms with E-state index < -0.39 is 18.0 Å². The number of aliphatic carboxylic acids is 1. The molecule has 0 radical (unpaired) electrons. The van der Waals surface area contributed by atoms with E-state index in [1.54, 1.807) is 0 Å². The number of piperidine rings is 1. The molecule has 21 heavy (non-hydrogen) atoms. The Morgan fingerprint density at radius 1 is 1.19 bits per heavy atom. The molecule has 2 fully saturated rings. The molecule has 0 aromatic heterocycles. The summed E-state index contributed by atoms with van der Waals surface area (Å²) in [5, 5.41) is 17.3. The molecular weight excluding hydrogens is 274 g/mol. The molecule has 7 nitrogen and oxygen atoms in total. The first-order valence-electron chi connectivity index (χ1n) is 7.63. The minimum Gasteiger partial charge on any atom is -0.480 e. The van der Waals surface area contributed by atoms with Crippen molar-refractivity contribution in [3.05, 3.63) is 0 Å². The third kappa shape index (κ3) is 4.61. The van der Waals surface area contributed by atoms with Crippen LogP contribution in [-0.2, 0) is 9.59 Å². The molecule has 1 aliphatic heterocycles. The van der Waals surface area contributed by atoms with E-state index >= 15 is 0 Å². The maximum absolute atomic E-state index is 12.0. The lowest BCUT2D eigenvalue weighted by Crippen LogP contribution is -2.55. The van der Waals surface area contributed by atoms with Gasteiger partial charge >= 0.3 is 12.0 Å². The predicted octanol–water partition coefficient (Wildman–Crippen LogP) is 0.598. The number of urea groups is 1. The Hall–Kier alpha value is -1.79. The van der Waals surface area contributed by atoms with E-state index in [-0.39, 0.29) is 17.9 Å². The number of nitrogens with one attached hydrogen (secondary N) is 3. The van der Waals surface area contributed by atoms with Crippen LogP contribution in [0.3, 0.4) is 0 Å². The SMILES string of the molecule is O=C1CCC(NC(=O)NC(C(=O)O)C2CCCCC2)CN1. The lowest BCUT2D eigenvalue weighted by molar-refractivity contribution is -0.141. The maximum atomic E-state index is 12.0. The fraction of sp³-hybridized carbons (Fsp3) is 0.786. The van der Waals surface area contributed by atoms with Gasteiger partial charge in [0.2, 0.25) is 5.91 Å². The summed E-state index contributed by atoms with van der Waals surface area (Å²) >= 11 is 0. The molecule has 0 spiro atoms. The maximum Gasteiger partial charge on any atom is 0.326 e. The van der Waals surface area contributed by atoms with Crippen LogP contribution < -0.4 is 16.0 Å². The largest absolute Gasteiger partial charge is 0.480 e. The van der Waals surface area contributed by atoms with Crippen LogP contribution in [0.1, 0.15) is 44.9 Å². The Kier molecular flexibility index (Phi) is 5.41. The molecular formula is C14H23N3O4. The zero-order valence-electron chi connectivity index (χ0n) is 12.1. The van der Waals surface area contributed by atoms with Crippen molar-refractivity contribution in [1.82, 2.24) is 16.0 Å². The molecule has 0 aromatic carbocycles. The van der Waals surface area contributed by atoms with E-state index in [9.17, 15) is 19.5 Å². The molecule has 2 rings (SSSR count).